The van der Waals surface area contributed by atoms with Crippen molar-refractivity contribution >= 4 is 29.2 Å². The Kier molecular flexibility index (Phi) is 5.30. The van der Waals surface area contributed by atoms with Crippen molar-refractivity contribution in [2.75, 3.05) is 4.90 Å². The third-order valence-corrected chi connectivity index (χ3v) is 4.65. The van der Waals surface area contributed by atoms with E-state index in [0.29, 0.717) is 0 Å². The lowest BCUT2D eigenvalue weighted by atomic mass is 10.1. The molecule has 0 bridgehead atoms. The number of phenols is 2. The molecule has 0 heterocycles. The van der Waals surface area contributed by atoms with Gasteiger partial charge in [-0.1, -0.05) is 66.7 Å². The molecule has 0 saturated heterocycles. The lowest BCUT2D eigenvalue weighted by Gasteiger charge is -2.25. The lowest BCUT2D eigenvalue weighted by molar-refractivity contribution is 0.403. The molecule has 142 valence electrons. The molecule has 3 nitrogen and oxygen atoms in total. The van der Waals surface area contributed by atoms with Gasteiger partial charge in [-0.2, -0.15) is 0 Å². The Hall–Kier alpha value is -3.98. The zero-order chi connectivity index (χ0) is 20.1. The van der Waals surface area contributed by atoms with Crippen LogP contribution in [0.5, 0.6) is 11.5 Å². The first-order valence-electron chi connectivity index (χ1n) is 9.41. The zero-order valence-corrected chi connectivity index (χ0v) is 15.8. The van der Waals surface area contributed by atoms with E-state index in [2.05, 4.69) is 53.4 Å². The van der Waals surface area contributed by atoms with E-state index in [1.807, 2.05) is 48.6 Å². The fourth-order valence-corrected chi connectivity index (χ4v) is 3.17. The Morgan fingerprint density at radius 2 is 0.966 bits per heavy atom. The lowest BCUT2D eigenvalue weighted by Crippen LogP contribution is -2.09. The molecule has 0 amide bonds. The standard InChI is InChI=1S/C26H21NO2/c28-25-18-15-21(19-26(25)29)12-11-20-13-16-24(17-14-20)27(22-7-3-1-4-8-22)23-9-5-2-6-10-23/h1-19,28-29H/b12-11+. The highest BCUT2D eigenvalue weighted by atomic mass is 16.3. The van der Waals surface area contributed by atoms with Crippen molar-refractivity contribution in [3.8, 4) is 11.5 Å². The zero-order valence-electron chi connectivity index (χ0n) is 15.8. The fourth-order valence-electron chi connectivity index (χ4n) is 3.17. The summed E-state index contributed by atoms with van der Waals surface area (Å²) in [4.78, 5) is 2.21. The summed E-state index contributed by atoms with van der Waals surface area (Å²) in [6.45, 7) is 0. The molecule has 0 aliphatic heterocycles. The summed E-state index contributed by atoms with van der Waals surface area (Å²) in [7, 11) is 0. The molecule has 2 N–H and O–H groups in total. The first-order chi connectivity index (χ1) is 14.2. The summed E-state index contributed by atoms with van der Waals surface area (Å²) < 4.78 is 0. The van der Waals surface area contributed by atoms with Crippen LogP contribution in [0.2, 0.25) is 0 Å². The van der Waals surface area contributed by atoms with Gasteiger partial charge in [0.25, 0.3) is 0 Å². The van der Waals surface area contributed by atoms with Crippen LogP contribution >= 0.6 is 0 Å². The van der Waals surface area contributed by atoms with E-state index in [9.17, 15) is 10.2 Å². The molecule has 0 fully saturated rings. The maximum absolute atomic E-state index is 9.62. The molecule has 0 saturated carbocycles. The van der Waals surface area contributed by atoms with E-state index in [-0.39, 0.29) is 11.5 Å². The van der Waals surface area contributed by atoms with E-state index < -0.39 is 0 Å². The van der Waals surface area contributed by atoms with Crippen molar-refractivity contribution in [1.82, 2.24) is 0 Å². The topological polar surface area (TPSA) is 43.7 Å². The molecule has 0 radical (unpaired) electrons. The van der Waals surface area contributed by atoms with Gasteiger partial charge in [-0.05, 0) is 59.7 Å². The van der Waals surface area contributed by atoms with Gasteiger partial charge in [0.15, 0.2) is 11.5 Å². The summed E-state index contributed by atoms with van der Waals surface area (Å²) in [6, 6.07) is 33.6. The van der Waals surface area contributed by atoms with Gasteiger partial charge in [-0.15, -0.1) is 0 Å². The van der Waals surface area contributed by atoms with Crippen LogP contribution in [-0.4, -0.2) is 10.2 Å². The first kappa shape index (κ1) is 18.4. The second kappa shape index (κ2) is 8.36. The molecule has 4 rings (SSSR count). The highest BCUT2D eigenvalue weighted by Crippen LogP contribution is 2.34. The number of aromatic hydroxyl groups is 2. The Morgan fingerprint density at radius 1 is 0.483 bits per heavy atom. The Labute approximate surface area is 170 Å². The predicted octanol–water partition coefficient (Wildman–Crippen LogP) is 6.74. The molecule has 4 aromatic rings. The Morgan fingerprint density at radius 3 is 1.52 bits per heavy atom. The van der Waals surface area contributed by atoms with E-state index in [4.69, 9.17) is 0 Å². The summed E-state index contributed by atoms with van der Waals surface area (Å²) >= 11 is 0. The highest BCUT2D eigenvalue weighted by molar-refractivity contribution is 5.78. The number of para-hydroxylation sites is 2. The first-order valence-corrected chi connectivity index (χ1v) is 9.41. The maximum Gasteiger partial charge on any atom is 0.157 e. The number of rotatable bonds is 5. The summed E-state index contributed by atoms with van der Waals surface area (Å²) in [5, 5.41) is 19.0. The summed E-state index contributed by atoms with van der Waals surface area (Å²) in [5.41, 5.74) is 5.13. The largest absolute Gasteiger partial charge is 0.504 e. The van der Waals surface area contributed by atoms with Crippen LogP contribution in [0, 0.1) is 0 Å². The quantitative estimate of drug-likeness (QED) is 0.298. The van der Waals surface area contributed by atoms with Crippen LogP contribution in [0.3, 0.4) is 0 Å². The monoisotopic (exact) mass is 379 g/mol. The minimum Gasteiger partial charge on any atom is -0.504 e. The van der Waals surface area contributed by atoms with Crippen LogP contribution < -0.4 is 4.90 Å². The molecule has 0 aromatic heterocycles. The smallest absolute Gasteiger partial charge is 0.157 e. The molecule has 0 aliphatic carbocycles. The van der Waals surface area contributed by atoms with Crippen LogP contribution in [0.15, 0.2) is 103 Å². The third kappa shape index (κ3) is 4.30. The molecule has 0 aliphatic rings. The summed E-state index contributed by atoms with van der Waals surface area (Å²) in [5.74, 6) is -0.239. The normalized spacial score (nSPS) is 10.9. The van der Waals surface area contributed by atoms with Crippen molar-refractivity contribution in [3.05, 3.63) is 114 Å². The molecule has 4 aromatic carbocycles. The van der Waals surface area contributed by atoms with Gasteiger partial charge in [-0.25, -0.2) is 0 Å². The van der Waals surface area contributed by atoms with Crippen LogP contribution in [-0.2, 0) is 0 Å². The van der Waals surface area contributed by atoms with Gasteiger partial charge < -0.3 is 15.1 Å². The average Bonchev–Trinajstić information content (AvgIpc) is 2.77. The van der Waals surface area contributed by atoms with Gasteiger partial charge in [0.1, 0.15) is 0 Å². The highest BCUT2D eigenvalue weighted by Gasteiger charge is 2.11. The van der Waals surface area contributed by atoms with E-state index in [1.165, 1.54) is 12.1 Å². The van der Waals surface area contributed by atoms with Crippen molar-refractivity contribution in [2.45, 2.75) is 0 Å². The number of nitrogens with zero attached hydrogens (tertiary/aromatic N) is 1. The molecule has 0 unspecified atom stereocenters. The molecular weight excluding hydrogens is 358 g/mol. The van der Waals surface area contributed by atoms with Crippen LogP contribution in [0.1, 0.15) is 11.1 Å². The maximum atomic E-state index is 9.62. The summed E-state index contributed by atoms with van der Waals surface area (Å²) in [6.07, 6.45) is 3.88. The minimum absolute atomic E-state index is 0.117. The van der Waals surface area contributed by atoms with Crippen molar-refractivity contribution < 1.29 is 10.2 Å². The number of hydrogen-bond donors (Lipinski definition) is 2. The number of hydrogen-bond acceptors (Lipinski definition) is 3. The predicted molar refractivity (Wildman–Crippen MR) is 120 cm³/mol. The second-order valence-corrected chi connectivity index (χ2v) is 6.68. The van der Waals surface area contributed by atoms with Gasteiger partial charge in [0.05, 0.1) is 0 Å². The van der Waals surface area contributed by atoms with Gasteiger partial charge in [-0.3, -0.25) is 0 Å². The number of anilines is 3. The van der Waals surface area contributed by atoms with Crippen LogP contribution in [0.25, 0.3) is 12.2 Å². The van der Waals surface area contributed by atoms with Crippen molar-refractivity contribution in [3.63, 3.8) is 0 Å². The van der Waals surface area contributed by atoms with E-state index in [1.54, 1.807) is 6.07 Å². The molecule has 0 atom stereocenters. The molecular formula is C26H21NO2. The Bertz CT molecular complexity index is 1070. The second-order valence-electron chi connectivity index (χ2n) is 6.68. The SMILES string of the molecule is Oc1ccc(/C=C/c2ccc(N(c3ccccc3)c3ccccc3)cc2)cc1O. The van der Waals surface area contributed by atoms with Gasteiger partial charge in [0.2, 0.25) is 0 Å². The van der Waals surface area contributed by atoms with Gasteiger partial charge in [0, 0.05) is 17.1 Å². The molecule has 3 heteroatoms. The average molecular weight is 379 g/mol. The van der Waals surface area contributed by atoms with E-state index in [0.717, 1.165) is 28.2 Å². The number of benzene rings is 4. The molecule has 0 spiro atoms. The Balaban J connectivity index is 1.62. The third-order valence-electron chi connectivity index (χ3n) is 4.65. The van der Waals surface area contributed by atoms with E-state index >= 15 is 0 Å². The van der Waals surface area contributed by atoms with Crippen molar-refractivity contribution in [1.29, 1.82) is 0 Å². The minimum atomic E-state index is -0.121. The molecule has 29 heavy (non-hydrogen) atoms. The van der Waals surface area contributed by atoms with Crippen molar-refractivity contribution in [2.24, 2.45) is 0 Å². The fraction of sp³-hybridized carbons (Fsp3) is 0. The van der Waals surface area contributed by atoms with Gasteiger partial charge >= 0.3 is 0 Å². The van der Waals surface area contributed by atoms with Crippen LogP contribution in [0.4, 0.5) is 17.1 Å². The number of phenolic OH excluding ortho intramolecular Hbond substituents is 2.